The number of halogens is 1. The normalized spacial score (nSPS) is 18.0. The number of carbonyl (C=O) groups is 1. The summed E-state index contributed by atoms with van der Waals surface area (Å²) < 4.78 is 18.8. The van der Waals surface area contributed by atoms with Gasteiger partial charge in [-0.15, -0.1) is 0 Å². The van der Waals surface area contributed by atoms with Crippen LogP contribution in [0.4, 0.5) is 4.39 Å². The van der Waals surface area contributed by atoms with E-state index in [1.165, 1.54) is 12.1 Å². The van der Waals surface area contributed by atoms with E-state index in [2.05, 4.69) is 33.0 Å². The quantitative estimate of drug-likeness (QED) is 0.770. The highest BCUT2D eigenvalue weighted by molar-refractivity contribution is 5.92. The van der Waals surface area contributed by atoms with E-state index >= 15 is 0 Å². The first-order valence-corrected chi connectivity index (χ1v) is 8.92. The Bertz CT molecular complexity index is 699. The third-order valence-electron chi connectivity index (χ3n) is 4.56. The van der Waals surface area contributed by atoms with Crippen LogP contribution in [0.2, 0.25) is 0 Å². The summed E-state index contributed by atoms with van der Waals surface area (Å²) in [5.41, 5.74) is 4.62. The largest absolute Gasteiger partial charge is 0.463 e. The third kappa shape index (κ3) is 3.94. The van der Waals surface area contributed by atoms with Gasteiger partial charge in [0, 0.05) is 17.3 Å². The number of allylic oxidation sites excluding steroid dienone is 3. The lowest BCUT2D eigenvalue weighted by molar-refractivity contribution is -0.138. The minimum Gasteiger partial charge on any atom is -0.463 e. The zero-order chi connectivity index (χ0) is 18.7. The number of rotatable bonds is 5. The van der Waals surface area contributed by atoms with Crippen molar-refractivity contribution in [3.8, 4) is 0 Å². The lowest BCUT2D eigenvalue weighted by Crippen LogP contribution is -2.34. The number of nitrogens with one attached hydrogen (secondary N) is 1. The van der Waals surface area contributed by atoms with Gasteiger partial charge in [-0.1, -0.05) is 39.8 Å². The molecule has 1 aromatic rings. The van der Waals surface area contributed by atoms with Gasteiger partial charge in [-0.3, -0.25) is 0 Å². The number of esters is 1. The Hall–Kier alpha value is -2.10. The maximum Gasteiger partial charge on any atom is 0.336 e. The molecule has 136 valence electrons. The van der Waals surface area contributed by atoms with Gasteiger partial charge in [0.2, 0.25) is 0 Å². The molecule has 25 heavy (non-hydrogen) atoms. The Labute approximate surface area is 150 Å². The minimum absolute atomic E-state index is 0.143. The molecule has 0 fully saturated rings. The SMILES string of the molecule is CCOC(=O)C1=C(C(C)C)NC(C(C)C)=C(C)C1c1ccc(F)cc1. The van der Waals surface area contributed by atoms with E-state index in [4.69, 9.17) is 4.74 Å². The van der Waals surface area contributed by atoms with Crippen molar-refractivity contribution in [3.05, 3.63) is 58.2 Å². The molecule has 0 saturated carbocycles. The van der Waals surface area contributed by atoms with Crippen molar-refractivity contribution in [3.63, 3.8) is 0 Å². The van der Waals surface area contributed by atoms with Gasteiger partial charge in [0.25, 0.3) is 0 Å². The molecule has 1 N–H and O–H groups in total. The Balaban J connectivity index is 2.68. The van der Waals surface area contributed by atoms with Crippen molar-refractivity contribution < 1.29 is 13.9 Å². The van der Waals surface area contributed by atoms with Gasteiger partial charge in [-0.05, 0) is 49.0 Å². The molecule has 0 aliphatic carbocycles. The summed E-state index contributed by atoms with van der Waals surface area (Å²) in [6.07, 6.45) is 0. The zero-order valence-corrected chi connectivity index (χ0v) is 15.9. The second-order valence-electron chi connectivity index (χ2n) is 7.06. The fourth-order valence-electron chi connectivity index (χ4n) is 3.40. The van der Waals surface area contributed by atoms with Crippen molar-refractivity contribution in [2.45, 2.75) is 47.5 Å². The molecular formula is C21H28FNO2. The van der Waals surface area contributed by atoms with Crippen molar-refractivity contribution >= 4 is 5.97 Å². The molecule has 0 bridgehead atoms. The van der Waals surface area contributed by atoms with Crippen LogP contribution in [-0.2, 0) is 9.53 Å². The van der Waals surface area contributed by atoms with E-state index in [1.54, 1.807) is 19.1 Å². The van der Waals surface area contributed by atoms with E-state index in [1.807, 2.05) is 6.92 Å². The van der Waals surface area contributed by atoms with Crippen molar-refractivity contribution in [1.82, 2.24) is 5.32 Å². The number of ether oxygens (including phenoxy) is 1. The van der Waals surface area contributed by atoms with E-state index in [9.17, 15) is 9.18 Å². The van der Waals surface area contributed by atoms with Gasteiger partial charge in [0.05, 0.1) is 12.2 Å². The van der Waals surface area contributed by atoms with Gasteiger partial charge >= 0.3 is 5.97 Å². The molecule has 0 saturated heterocycles. The van der Waals surface area contributed by atoms with E-state index in [-0.39, 0.29) is 23.6 Å². The van der Waals surface area contributed by atoms with Crippen LogP contribution in [-0.4, -0.2) is 12.6 Å². The second kappa shape index (κ2) is 7.85. The number of hydrogen-bond acceptors (Lipinski definition) is 3. The molecule has 0 radical (unpaired) electrons. The number of benzene rings is 1. The van der Waals surface area contributed by atoms with Crippen molar-refractivity contribution in [2.75, 3.05) is 6.61 Å². The van der Waals surface area contributed by atoms with Crippen molar-refractivity contribution in [2.24, 2.45) is 11.8 Å². The molecule has 1 aromatic carbocycles. The maximum atomic E-state index is 13.4. The van der Waals surface area contributed by atoms with E-state index in [0.717, 1.165) is 22.5 Å². The number of dihydropyridines is 1. The molecule has 1 heterocycles. The fourth-order valence-corrected chi connectivity index (χ4v) is 3.40. The first-order valence-electron chi connectivity index (χ1n) is 8.92. The number of carbonyl (C=O) groups excluding carboxylic acids is 1. The molecule has 3 nitrogen and oxygen atoms in total. The molecular weight excluding hydrogens is 317 g/mol. The summed E-state index contributed by atoms with van der Waals surface area (Å²) in [6.45, 7) is 12.5. The first-order chi connectivity index (χ1) is 11.8. The minimum atomic E-state index is -0.310. The van der Waals surface area contributed by atoms with Crippen LogP contribution in [0.15, 0.2) is 46.8 Å². The summed E-state index contributed by atoms with van der Waals surface area (Å²) in [5.74, 6) is -0.385. The van der Waals surface area contributed by atoms with Crippen LogP contribution in [0.1, 0.15) is 53.0 Å². The van der Waals surface area contributed by atoms with Crippen molar-refractivity contribution in [1.29, 1.82) is 0 Å². The zero-order valence-electron chi connectivity index (χ0n) is 15.9. The van der Waals surface area contributed by atoms with Crippen LogP contribution < -0.4 is 5.32 Å². The molecule has 4 heteroatoms. The average molecular weight is 345 g/mol. The summed E-state index contributed by atoms with van der Waals surface area (Å²) >= 11 is 0. The molecule has 1 unspecified atom stereocenters. The van der Waals surface area contributed by atoms with E-state index < -0.39 is 0 Å². The molecule has 1 atom stereocenters. The second-order valence-corrected chi connectivity index (χ2v) is 7.06. The standard InChI is InChI=1S/C21H28FNO2/c1-7-25-21(24)18-17(15-8-10-16(22)11-9-15)14(6)19(12(2)3)23-20(18)13(4)5/h8-13,17,23H,7H2,1-6H3. The van der Waals surface area contributed by atoms with Gasteiger partial charge in [-0.25, -0.2) is 9.18 Å². The van der Waals surface area contributed by atoms with Crippen LogP contribution in [0, 0.1) is 17.7 Å². The third-order valence-corrected chi connectivity index (χ3v) is 4.56. The van der Waals surface area contributed by atoms with E-state index in [0.29, 0.717) is 18.1 Å². The topological polar surface area (TPSA) is 38.3 Å². The highest BCUT2D eigenvalue weighted by Crippen LogP contribution is 2.41. The summed E-state index contributed by atoms with van der Waals surface area (Å²) in [5, 5.41) is 3.49. The Morgan fingerprint density at radius 2 is 1.68 bits per heavy atom. The Kier molecular flexibility index (Phi) is 6.04. The number of hydrogen-bond donors (Lipinski definition) is 1. The predicted octanol–water partition coefficient (Wildman–Crippen LogP) is 4.92. The van der Waals surface area contributed by atoms with Crippen LogP contribution in [0.3, 0.4) is 0 Å². The maximum absolute atomic E-state index is 13.4. The summed E-state index contributed by atoms with van der Waals surface area (Å²) in [6, 6.07) is 6.39. The fraction of sp³-hybridized carbons (Fsp3) is 0.476. The molecule has 0 aromatic heterocycles. The molecule has 0 amide bonds. The van der Waals surface area contributed by atoms with Crippen LogP contribution in [0.25, 0.3) is 0 Å². The molecule has 1 aliphatic rings. The summed E-state index contributed by atoms with van der Waals surface area (Å²) in [7, 11) is 0. The van der Waals surface area contributed by atoms with Gasteiger partial charge < -0.3 is 10.1 Å². The smallest absolute Gasteiger partial charge is 0.336 e. The van der Waals surface area contributed by atoms with Crippen LogP contribution >= 0.6 is 0 Å². The predicted molar refractivity (Wildman–Crippen MR) is 98.3 cm³/mol. The lowest BCUT2D eigenvalue weighted by atomic mass is 9.78. The summed E-state index contributed by atoms with van der Waals surface area (Å²) in [4.78, 5) is 12.8. The monoisotopic (exact) mass is 345 g/mol. The first kappa shape index (κ1) is 19.2. The lowest BCUT2D eigenvalue weighted by Gasteiger charge is -2.35. The Morgan fingerprint density at radius 1 is 1.12 bits per heavy atom. The molecule has 1 aliphatic heterocycles. The van der Waals surface area contributed by atoms with Crippen LogP contribution in [0.5, 0.6) is 0 Å². The molecule has 0 spiro atoms. The van der Waals surface area contributed by atoms with Gasteiger partial charge in [0.15, 0.2) is 0 Å². The van der Waals surface area contributed by atoms with Gasteiger partial charge in [-0.2, -0.15) is 0 Å². The van der Waals surface area contributed by atoms with Gasteiger partial charge in [0.1, 0.15) is 5.82 Å². The molecule has 2 rings (SSSR count). The highest BCUT2D eigenvalue weighted by Gasteiger charge is 2.35. The average Bonchev–Trinajstić information content (AvgIpc) is 2.55. The Morgan fingerprint density at radius 3 is 2.16 bits per heavy atom. The highest BCUT2D eigenvalue weighted by atomic mass is 19.1.